The number of thiophene rings is 1. The fourth-order valence-electron chi connectivity index (χ4n) is 6.65. The van der Waals surface area contributed by atoms with Crippen molar-refractivity contribution in [1.82, 2.24) is 4.98 Å². The molecule has 5 aromatic rings. The third-order valence-electron chi connectivity index (χ3n) is 10.1. The number of fused-ring (bicyclic) bond motifs is 2. The molecule has 1 radical (unpaired) electrons. The first-order valence-corrected chi connectivity index (χ1v) is 19.1. The van der Waals surface area contributed by atoms with Gasteiger partial charge in [-0.2, -0.15) is 39.5 Å². The fourth-order valence-corrected chi connectivity index (χ4v) is 8.17. The molecule has 0 saturated heterocycles. The predicted octanol–water partition coefficient (Wildman–Crippen LogP) is 15.0. The van der Waals surface area contributed by atoms with Gasteiger partial charge in [0.2, 0.25) is 0 Å². The summed E-state index contributed by atoms with van der Waals surface area (Å²) in [7, 11) is 0. The number of aliphatic hydroxyl groups excluding tert-OH is 1. The maximum absolute atomic E-state index is 14.1. The van der Waals surface area contributed by atoms with Crippen LogP contribution in [0.4, 0.5) is 39.5 Å². The van der Waals surface area contributed by atoms with Gasteiger partial charge in [-0.25, -0.2) is 0 Å². The Kier molecular flexibility index (Phi) is 14.3. The van der Waals surface area contributed by atoms with Gasteiger partial charge in [-0.15, -0.1) is 40.5 Å². The number of alkyl halides is 9. The van der Waals surface area contributed by atoms with Gasteiger partial charge in [0.05, 0.1) is 0 Å². The smallest absolute Gasteiger partial charge is 0.404 e. The van der Waals surface area contributed by atoms with Crippen LogP contribution < -0.4 is 0 Å². The molecule has 2 heterocycles. The summed E-state index contributed by atoms with van der Waals surface area (Å²) in [6.07, 6.45) is -14.3. The maximum atomic E-state index is 14.1. The second-order valence-electron chi connectivity index (χ2n) is 17.3. The number of rotatable bonds is 5. The maximum Gasteiger partial charge on any atom is 0.404 e. The van der Waals surface area contributed by atoms with Crippen LogP contribution >= 0.6 is 11.3 Å². The van der Waals surface area contributed by atoms with Crippen LogP contribution in [0.5, 0.6) is 0 Å². The van der Waals surface area contributed by atoms with E-state index < -0.39 is 46.6 Å². The molecule has 2 aromatic heterocycles. The minimum Gasteiger partial charge on any atom is -0.512 e. The molecule has 0 fully saturated rings. The molecule has 1 N–H and O–H groups in total. The summed E-state index contributed by atoms with van der Waals surface area (Å²) in [6, 6.07) is 16.9. The summed E-state index contributed by atoms with van der Waals surface area (Å²) in [5.74, 6) is -5.16. The Morgan fingerprint density at radius 3 is 1.81 bits per heavy atom. The molecule has 0 atom stereocenters. The van der Waals surface area contributed by atoms with E-state index in [9.17, 15) is 49.4 Å². The van der Waals surface area contributed by atoms with E-state index in [4.69, 9.17) is 0 Å². The van der Waals surface area contributed by atoms with Crippen LogP contribution in [-0.4, -0.2) is 34.4 Å². The molecule has 0 unspecified atom stereocenters. The third-order valence-corrected chi connectivity index (χ3v) is 11.4. The molecule has 14 heteroatoms. The molecule has 3 nitrogen and oxygen atoms in total. The number of nitrogens with zero attached hydrogens (tertiary/aromatic N) is 1. The van der Waals surface area contributed by atoms with Crippen LogP contribution in [0, 0.1) is 44.6 Å². The molecule has 5 rings (SSSR count). The van der Waals surface area contributed by atoms with E-state index in [1.807, 2.05) is 63.2 Å². The van der Waals surface area contributed by atoms with Gasteiger partial charge < -0.3 is 5.11 Å². The zero-order valence-corrected chi connectivity index (χ0v) is 37.9. The van der Waals surface area contributed by atoms with Crippen molar-refractivity contribution < 1.29 is 69.5 Å². The quantitative estimate of drug-likeness (QED) is 0.0826. The molecule has 59 heavy (non-hydrogen) atoms. The largest absolute Gasteiger partial charge is 0.512 e. The van der Waals surface area contributed by atoms with Gasteiger partial charge in [0.15, 0.2) is 11.7 Å². The van der Waals surface area contributed by atoms with Crippen LogP contribution in [0.2, 0.25) is 0 Å². The number of pyridine rings is 1. The third kappa shape index (κ3) is 10.4. The molecule has 0 bridgehead atoms. The van der Waals surface area contributed by atoms with E-state index >= 15 is 0 Å². The summed E-state index contributed by atoms with van der Waals surface area (Å²) < 4.78 is 122. The summed E-state index contributed by atoms with van der Waals surface area (Å²) in [4.78, 5) is 16.4. The number of benzene rings is 3. The SMILES string of the molecule is CC(C)(C)/C(O)=C/C(=O)C(C)(C)C(F)(F)F.Cc1cc(C)c(-c2sc3c(-c4[c-]c5ccccc5c(C(C)(C)C)c4)ncc(C(C(F)(F)F)C(F)(F)F)c3c2C)c(C)c1.[Ir]. The van der Waals surface area contributed by atoms with E-state index in [2.05, 4.69) is 31.8 Å². The number of halogens is 9. The zero-order valence-electron chi connectivity index (χ0n) is 34.7. The van der Waals surface area contributed by atoms with E-state index in [-0.39, 0.29) is 41.4 Å². The van der Waals surface area contributed by atoms with Crippen LogP contribution in [0.3, 0.4) is 0 Å². The number of carbonyl (C=O) groups excluding carboxylic acids is 1. The van der Waals surface area contributed by atoms with E-state index in [1.54, 1.807) is 27.7 Å². The van der Waals surface area contributed by atoms with Crippen LogP contribution in [0.1, 0.15) is 94.7 Å². The second-order valence-corrected chi connectivity index (χ2v) is 18.3. The normalized spacial score (nSPS) is 13.4. The van der Waals surface area contributed by atoms with Crippen molar-refractivity contribution >= 4 is 38.0 Å². The van der Waals surface area contributed by atoms with Crippen molar-refractivity contribution in [1.29, 1.82) is 0 Å². The minimum atomic E-state index is -5.55. The molecule has 0 aliphatic heterocycles. The Morgan fingerprint density at radius 2 is 1.34 bits per heavy atom. The Morgan fingerprint density at radius 1 is 0.814 bits per heavy atom. The first-order valence-electron chi connectivity index (χ1n) is 18.3. The summed E-state index contributed by atoms with van der Waals surface area (Å²) in [5.41, 5.74) is 1.42. The Hall–Kier alpha value is -3.74. The van der Waals surface area contributed by atoms with Gasteiger partial charge in [-0.1, -0.05) is 88.4 Å². The number of aryl methyl sites for hydroxylation is 4. The number of carbonyl (C=O) groups is 1. The molecule has 0 aliphatic carbocycles. The van der Waals surface area contributed by atoms with Crippen molar-refractivity contribution in [3.8, 4) is 21.7 Å². The summed E-state index contributed by atoms with van der Waals surface area (Å²) in [6.45, 7) is 19.9. The standard InChI is InChI=1S/C34H30F6NS.C11H17F3O2.Ir/c1-17-12-18(2)26(19(3)13-17)29-20(4)27-24(31(33(35,36)37)34(38,39)40)16-41-28(30(27)42-29)22-14-21-10-8-9-11-23(21)25(15-22)32(5,6)7;1-9(2,3)7(15)6-8(16)10(4,5)11(12,13)14;/h8-13,15-16,31H,1-7H3;6,15H,1-5H3;/q-1;;/b;7-6-;. The molecule has 0 saturated carbocycles. The van der Waals surface area contributed by atoms with Gasteiger partial charge in [-0.05, 0) is 80.2 Å². The molecule has 0 amide bonds. The van der Waals surface area contributed by atoms with Crippen molar-refractivity contribution in [3.05, 3.63) is 99.9 Å². The van der Waals surface area contributed by atoms with Crippen molar-refractivity contribution in [2.24, 2.45) is 10.8 Å². The Bertz CT molecular complexity index is 2350. The number of hydrogen-bond acceptors (Lipinski definition) is 4. The monoisotopic (exact) mass is 1030 g/mol. The van der Waals surface area contributed by atoms with Gasteiger partial charge >= 0.3 is 18.5 Å². The van der Waals surface area contributed by atoms with Crippen LogP contribution in [0.25, 0.3) is 42.6 Å². The number of hydrogen-bond donors (Lipinski definition) is 1. The average molecular weight is 1030 g/mol. The van der Waals surface area contributed by atoms with Crippen LogP contribution in [0.15, 0.2) is 60.5 Å². The number of aliphatic hydroxyl groups is 1. The fraction of sp³-hybridized carbons (Fsp3) is 0.422. The second kappa shape index (κ2) is 17.0. The van der Waals surface area contributed by atoms with E-state index in [0.29, 0.717) is 27.8 Å². The van der Waals surface area contributed by atoms with Crippen molar-refractivity contribution in [3.63, 3.8) is 0 Å². The summed E-state index contributed by atoms with van der Waals surface area (Å²) >= 11 is 1.19. The molecule has 323 valence electrons. The minimum absolute atomic E-state index is 0. The molecular weight excluding hydrogens is 982 g/mol. The molecule has 0 spiro atoms. The topological polar surface area (TPSA) is 50.2 Å². The van der Waals surface area contributed by atoms with Crippen LogP contribution in [-0.2, 0) is 30.3 Å². The van der Waals surface area contributed by atoms with Crippen molar-refractivity contribution in [2.75, 3.05) is 0 Å². The first-order chi connectivity index (χ1) is 26.2. The molecule has 3 aromatic carbocycles. The van der Waals surface area contributed by atoms with Gasteiger partial charge in [0, 0.05) is 53.1 Å². The number of aromatic nitrogens is 1. The van der Waals surface area contributed by atoms with Gasteiger partial charge in [-0.3, -0.25) is 9.78 Å². The molecule has 0 aliphatic rings. The number of ketones is 1. The molecular formula is C45H47F9IrNO2S-. The van der Waals surface area contributed by atoms with E-state index in [0.717, 1.165) is 58.6 Å². The zero-order chi connectivity index (χ0) is 44.3. The Labute approximate surface area is 356 Å². The first kappa shape index (κ1) is 49.6. The number of allylic oxidation sites excluding steroid dienone is 2. The predicted molar refractivity (Wildman–Crippen MR) is 214 cm³/mol. The average Bonchev–Trinajstić information content (AvgIpc) is 3.38. The van der Waals surface area contributed by atoms with Crippen molar-refractivity contribution in [2.45, 2.75) is 113 Å². The van der Waals surface area contributed by atoms with Gasteiger partial charge in [0.25, 0.3) is 0 Å². The van der Waals surface area contributed by atoms with E-state index in [1.165, 1.54) is 11.3 Å². The van der Waals surface area contributed by atoms with Gasteiger partial charge in [0.1, 0.15) is 11.2 Å². The summed E-state index contributed by atoms with van der Waals surface area (Å²) in [5, 5.41) is 11.2. The Balaban J connectivity index is 0.000000466.